The third-order valence-electron chi connectivity index (χ3n) is 1.83. The van der Waals surface area contributed by atoms with Crippen molar-refractivity contribution in [3.05, 3.63) is 30.1 Å². The van der Waals surface area contributed by atoms with Crippen molar-refractivity contribution in [3.63, 3.8) is 0 Å². The lowest BCUT2D eigenvalue weighted by molar-refractivity contribution is -0.137. The SMILES string of the molecule is CN(C(=O)C(=O)NN)c1cccc(F)c1. The zero-order chi connectivity index (χ0) is 11.4. The van der Waals surface area contributed by atoms with E-state index in [0.717, 1.165) is 11.0 Å². The van der Waals surface area contributed by atoms with E-state index in [4.69, 9.17) is 5.84 Å². The summed E-state index contributed by atoms with van der Waals surface area (Å²) in [6.45, 7) is 0. The molecule has 0 aliphatic rings. The molecule has 0 saturated heterocycles. The molecule has 3 N–H and O–H groups in total. The van der Waals surface area contributed by atoms with E-state index in [1.807, 2.05) is 0 Å². The quantitative estimate of drug-likeness (QED) is 0.292. The van der Waals surface area contributed by atoms with E-state index in [9.17, 15) is 14.0 Å². The van der Waals surface area contributed by atoms with Crippen LogP contribution in [-0.2, 0) is 9.59 Å². The number of carbonyl (C=O) groups is 2. The predicted octanol–water partition coefficient (Wildman–Crippen LogP) is -0.222. The van der Waals surface area contributed by atoms with Gasteiger partial charge in [-0.1, -0.05) is 6.07 Å². The van der Waals surface area contributed by atoms with E-state index in [-0.39, 0.29) is 5.69 Å². The van der Waals surface area contributed by atoms with Crippen LogP contribution in [0.2, 0.25) is 0 Å². The number of halogens is 1. The van der Waals surface area contributed by atoms with Crippen molar-refractivity contribution in [2.24, 2.45) is 5.84 Å². The van der Waals surface area contributed by atoms with E-state index in [1.54, 1.807) is 5.43 Å². The maximum Gasteiger partial charge on any atom is 0.323 e. The Hall–Kier alpha value is -1.95. The molecule has 2 amide bonds. The maximum atomic E-state index is 12.8. The van der Waals surface area contributed by atoms with Gasteiger partial charge in [-0.15, -0.1) is 0 Å². The van der Waals surface area contributed by atoms with E-state index in [2.05, 4.69) is 0 Å². The molecular formula is C9H10FN3O2. The summed E-state index contributed by atoms with van der Waals surface area (Å²) < 4.78 is 12.8. The van der Waals surface area contributed by atoms with Crippen molar-refractivity contribution in [3.8, 4) is 0 Å². The molecule has 0 aliphatic heterocycles. The van der Waals surface area contributed by atoms with Crippen LogP contribution in [-0.4, -0.2) is 18.9 Å². The minimum absolute atomic E-state index is 0.281. The number of nitrogens with two attached hydrogens (primary N) is 1. The fraction of sp³-hybridized carbons (Fsp3) is 0.111. The Kier molecular flexibility index (Phi) is 3.35. The van der Waals surface area contributed by atoms with Crippen molar-refractivity contribution in [2.45, 2.75) is 0 Å². The highest BCUT2D eigenvalue weighted by Crippen LogP contribution is 2.13. The van der Waals surface area contributed by atoms with Gasteiger partial charge in [0, 0.05) is 12.7 Å². The molecular weight excluding hydrogens is 201 g/mol. The number of anilines is 1. The first kappa shape index (κ1) is 11.1. The number of amides is 2. The average molecular weight is 211 g/mol. The number of benzene rings is 1. The first-order chi connectivity index (χ1) is 7.06. The summed E-state index contributed by atoms with van der Waals surface area (Å²) in [7, 11) is 1.35. The molecule has 1 aromatic carbocycles. The molecule has 0 spiro atoms. The minimum atomic E-state index is -0.957. The van der Waals surface area contributed by atoms with Crippen molar-refractivity contribution >= 4 is 17.5 Å². The summed E-state index contributed by atoms with van der Waals surface area (Å²) in [5.41, 5.74) is 1.99. The number of hydrazine groups is 1. The van der Waals surface area contributed by atoms with Crippen LogP contribution in [0.3, 0.4) is 0 Å². The average Bonchev–Trinajstić information content (AvgIpc) is 2.26. The van der Waals surface area contributed by atoms with Crippen LogP contribution in [0.1, 0.15) is 0 Å². The highest BCUT2D eigenvalue weighted by atomic mass is 19.1. The molecule has 15 heavy (non-hydrogen) atoms. The second-order valence-corrected chi connectivity index (χ2v) is 2.82. The van der Waals surface area contributed by atoms with Gasteiger partial charge in [0.15, 0.2) is 0 Å². The zero-order valence-corrected chi connectivity index (χ0v) is 8.03. The Bertz CT molecular complexity index is 395. The Labute approximate surface area is 85.6 Å². The summed E-state index contributed by atoms with van der Waals surface area (Å²) >= 11 is 0. The van der Waals surface area contributed by atoms with Crippen LogP contribution in [0, 0.1) is 5.82 Å². The number of nitrogens with one attached hydrogen (secondary N) is 1. The third-order valence-corrected chi connectivity index (χ3v) is 1.83. The Morgan fingerprint density at radius 1 is 1.47 bits per heavy atom. The summed E-state index contributed by atoms with van der Waals surface area (Å²) in [6.07, 6.45) is 0. The Balaban J connectivity index is 2.89. The molecule has 0 bridgehead atoms. The van der Waals surface area contributed by atoms with Gasteiger partial charge in [0.2, 0.25) is 0 Å². The van der Waals surface area contributed by atoms with Gasteiger partial charge >= 0.3 is 11.8 Å². The molecule has 6 heteroatoms. The summed E-state index contributed by atoms with van der Waals surface area (Å²) in [4.78, 5) is 23.2. The molecule has 5 nitrogen and oxygen atoms in total. The first-order valence-electron chi connectivity index (χ1n) is 4.10. The highest BCUT2D eigenvalue weighted by molar-refractivity contribution is 6.40. The van der Waals surface area contributed by atoms with Crippen molar-refractivity contribution < 1.29 is 14.0 Å². The minimum Gasteiger partial charge on any atom is -0.307 e. The number of likely N-dealkylation sites (N-methyl/N-ethyl adjacent to an activating group) is 1. The molecule has 0 saturated carbocycles. The standard InChI is InChI=1S/C9H10FN3O2/c1-13(9(15)8(14)12-11)7-4-2-3-6(10)5-7/h2-5H,11H2,1H3,(H,12,14). The number of carbonyl (C=O) groups excluding carboxylic acids is 2. The molecule has 1 aromatic rings. The summed E-state index contributed by atoms with van der Waals surface area (Å²) in [5, 5.41) is 0. The molecule has 0 unspecified atom stereocenters. The predicted molar refractivity (Wildman–Crippen MR) is 52.1 cm³/mol. The van der Waals surface area contributed by atoms with Gasteiger partial charge in [0.1, 0.15) is 5.82 Å². The molecule has 1 rings (SSSR count). The fourth-order valence-corrected chi connectivity index (χ4v) is 1.02. The van der Waals surface area contributed by atoms with E-state index in [1.165, 1.54) is 25.2 Å². The van der Waals surface area contributed by atoms with E-state index >= 15 is 0 Å². The van der Waals surface area contributed by atoms with Gasteiger partial charge < -0.3 is 4.90 Å². The lowest BCUT2D eigenvalue weighted by Gasteiger charge is -2.15. The molecule has 0 fully saturated rings. The zero-order valence-electron chi connectivity index (χ0n) is 8.03. The second-order valence-electron chi connectivity index (χ2n) is 2.82. The molecule has 80 valence electrons. The molecule has 0 atom stereocenters. The molecule has 0 heterocycles. The lowest BCUT2D eigenvalue weighted by Crippen LogP contribution is -2.44. The van der Waals surface area contributed by atoms with Gasteiger partial charge in [-0.2, -0.15) is 0 Å². The smallest absolute Gasteiger partial charge is 0.307 e. The van der Waals surface area contributed by atoms with Gasteiger partial charge in [0.25, 0.3) is 0 Å². The van der Waals surface area contributed by atoms with Crippen molar-refractivity contribution in [2.75, 3.05) is 11.9 Å². The largest absolute Gasteiger partial charge is 0.323 e. The number of nitrogens with zero attached hydrogens (tertiary/aromatic N) is 1. The number of hydrogen-bond donors (Lipinski definition) is 2. The maximum absolute atomic E-state index is 12.8. The monoisotopic (exact) mass is 211 g/mol. The first-order valence-corrected chi connectivity index (χ1v) is 4.10. The summed E-state index contributed by atoms with van der Waals surface area (Å²) in [5.74, 6) is 2.50. The Morgan fingerprint density at radius 2 is 2.13 bits per heavy atom. The Morgan fingerprint density at radius 3 is 2.67 bits per heavy atom. The van der Waals surface area contributed by atoms with Crippen LogP contribution in [0.4, 0.5) is 10.1 Å². The van der Waals surface area contributed by atoms with Gasteiger partial charge in [-0.05, 0) is 18.2 Å². The van der Waals surface area contributed by atoms with Crippen LogP contribution >= 0.6 is 0 Å². The van der Waals surface area contributed by atoms with E-state index in [0.29, 0.717) is 0 Å². The van der Waals surface area contributed by atoms with Crippen molar-refractivity contribution in [1.29, 1.82) is 0 Å². The molecule has 0 radical (unpaired) electrons. The lowest BCUT2D eigenvalue weighted by atomic mass is 10.3. The van der Waals surface area contributed by atoms with E-state index < -0.39 is 17.6 Å². The van der Waals surface area contributed by atoms with Crippen LogP contribution in [0.15, 0.2) is 24.3 Å². The molecule has 0 aliphatic carbocycles. The van der Waals surface area contributed by atoms with Gasteiger partial charge in [0.05, 0.1) is 0 Å². The topological polar surface area (TPSA) is 75.4 Å². The second kappa shape index (κ2) is 4.52. The normalized spacial score (nSPS) is 9.53. The van der Waals surface area contributed by atoms with Gasteiger partial charge in [-0.3, -0.25) is 15.0 Å². The number of rotatable bonds is 1. The third kappa shape index (κ3) is 2.50. The molecule has 0 aromatic heterocycles. The van der Waals surface area contributed by atoms with Crippen LogP contribution in [0.25, 0.3) is 0 Å². The summed E-state index contributed by atoms with van der Waals surface area (Å²) in [6, 6.07) is 5.33. The highest BCUT2D eigenvalue weighted by Gasteiger charge is 2.18. The fourth-order valence-electron chi connectivity index (χ4n) is 1.02. The van der Waals surface area contributed by atoms with Crippen molar-refractivity contribution in [1.82, 2.24) is 5.43 Å². The van der Waals surface area contributed by atoms with Crippen LogP contribution in [0.5, 0.6) is 0 Å². The van der Waals surface area contributed by atoms with Crippen LogP contribution < -0.4 is 16.2 Å². The van der Waals surface area contributed by atoms with Gasteiger partial charge in [-0.25, -0.2) is 10.2 Å². The number of hydrogen-bond acceptors (Lipinski definition) is 3.